The van der Waals surface area contributed by atoms with E-state index in [1.807, 2.05) is 36.9 Å². The molecular formula is C19H20ClN5O4. The summed E-state index contributed by atoms with van der Waals surface area (Å²) in [6.07, 6.45) is -0.702. The molecular weight excluding hydrogens is 398 g/mol. The third-order valence-corrected chi connectivity index (χ3v) is 5.82. The number of ether oxygens (including phenoxy) is 1. The van der Waals surface area contributed by atoms with Gasteiger partial charge in [-0.3, -0.25) is 24.3 Å². The number of fused-ring (bicyclic) bond motifs is 3. The van der Waals surface area contributed by atoms with Crippen LogP contribution in [0, 0.1) is 0 Å². The van der Waals surface area contributed by atoms with E-state index in [0.717, 1.165) is 22.0 Å². The molecule has 3 heterocycles. The average Bonchev–Trinajstić information content (AvgIpc) is 3.20. The molecule has 0 N–H and O–H groups in total. The fourth-order valence-electron chi connectivity index (χ4n) is 3.87. The Bertz CT molecular complexity index is 991. The molecule has 0 radical (unpaired) electrons. The molecule has 9 nitrogen and oxygen atoms in total. The number of nitrogens with zero attached hydrogens (tertiary/aromatic N) is 5. The second-order valence-electron chi connectivity index (χ2n) is 7.01. The number of likely N-dealkylation sites (N-methyl/N-ethyl adjacent to an activating group) is 1. The molecule has 4 rings (SSSR count). The molecule has 29 heavy (non-hydrogen) atoms. The predicted octanol–water partition coefficient (Wildman–Crippen LogP) is 1.84. The first-order valence-electron chi connectivity index (χ1n) is 9.02. The molecule has 3 aliphatic rings. The molecule has 3 amide bonds. The van der Waals surface area contributed by atoms with E-state index in [1.54, 1.807) is 18.0 Å². The first kappa shape index (κ1) is 19.3. The highest BCUT2D eigenvalue weighted by Gasteiger charge is 2.56. The van der Waals surface area contributed by atoms with Gasteiger partial charge < -0.3 is 9.64 Å². The van der Waals surface area contributed by atoms with Crippen LogP contribution in [0.2, 0.25) is 5.02 Å². The zero-order valence-corrected chi connectivity index (χ0v) is 17.2. The van der Waals surface area contributed by atoms with Gasteiger partial charge in [0.2, 0.25) is 5.96 Å². The summed E-state index contributed by atoms with van der Waals surface area (Å²) in [6, 6.07) is 6.00. The van der Waals surface area contributed by atoms with Crippen molar-refractivity contribution < 1.29 is 19.1 Å². The number of carbonyl (C=O) groups excluding carboxylic acids is 3. The first-order chi connectivity index (χ1) is 13.8. The van der Waals surface area contributed by atoms with Crippen LogP contribution in [0.4, 0.5) is 10.5 Å². The highest BCUT2D eigenvalue weighted by molar-refractivity contribution is 6.34. The molecule has 2 atom stereocenters. The average molecular weight is 418 g/mol. The van der Waals surface area contributed by atoms with E-state index in [2.05, 4.69) is 4.74 Å². The van der Waals surface area contributed by atoms with E-state index < -0.39 is 36.7 Å². The van der Waals surface area contributed by atoms with Crippen molar-refractivity contribution in [1.29, 1.82) is 0 Å². The van der Waals surface area contributed by atoms with Crippen LogP contribution in [0.1, 0.15) is 13.8 Å². The maximum Gasteiger partial charge on any atom is 0.328 e. The Balaban J connectivity index is 1.76. The van der Waals surface area contributed by atoms with E-state index in [0.29, 0.717) is 11.0 Å². The number of rotatable bonds is 3. The predicted molar refractivity (Wildman–Crippen MR) is 106 cm³/mol. The molecule has 2 unspecified atom stereocenters. The van der Waals surface area contributed by atoms with Crippen molar-refractivity contribution in [3.8, 4) is 0 Å². The summed E-state index contributed by atoms with van der Waals surface area (Å²) in [5.74, 6) is -0.633. The minimum atomic E-state index is -0.764. The number of allylic oxidation sites excluding steroid dienone is 2. The lowest BCUT2D eigenvalue weighted by molar-refractivity contribution is -0.148. The fourth-order valence-corrected chi connectivity index (χ4v) is 4.09. The number of guanidine groups is 1. The quantitative estimate of drug-likeness (QED) is 0.698. The molecule has 1 aromatic rings. The number of carbonyl (C=O) groups is 3. The van der Waals surface area contributed by atoms with E-state index in [-0.39, 0.29) is 0 Å². The van der Waals surface area contributed by atoms with Gasteiger partial charge in [0.15, 0.2) is 12.2 Å². The summed E-state index contributed by atoms with van der Waals surface area (Å²) in [7, 11) is 2.78. The van der Waals surface area contributed by atoms with Gasteiger partial charge in [0.05, 0.1) is 17.8 Å². The highest BCUT2D eigenvalue weighted by atomic mass is 35.5. The van der Waals surface area contributed by atoms with Crippen LogP contribution in [-0.2, 0) is 14.3 Å². The van der Waals surface area contributed by atoms with Crippen LogP contribution in [0.5, 0.6) is 0 Å². The standard InChI is InChI=1S/C19H20ClN5O4/c1-10-11(2)25-15-16(21-18(25)24(10)13-8-6-5-7-12(13)20)22(3)19(28)23(17(15)27)9-14(26)29-4/h5-8,15-16H,9H2,1-4H3. The molecule has 0 aliphatic carbocycles. The zero-order valence-electron chi connectivity index (χ0n) is 16.4. The topological polar surface area (TPSA) is 85.8 Å². The lowest BCUT2D eigenvalue weighted by Crippen LogP contribution is -2.65. The maximum absolute atomic E-state index is 13.2. The van der Waals surface area contributed by atoms with Gasteiger partial charge in [0.1, 0.15) is 6.54 Å². The Morgan fingerprint density at radius 1 is 1.21 bits per heavy atom. The maximum atomic E-state index is 13.2. The minimum absolute atomic E-state index is 0.444. The Labute approximate surface area is 172 Å². The smallest absolute Gasteiger partial charge is 0.328 e. The number of amides is 3. The second-order valence-corrected chi connectivity index (χ2v) is 7.42. The normalized spacial score (nSPS) is 23.6. The monoisotopic (exact) mass is 417 g/mol. The number of hydrogen-bond acceptors (Lipinski definition) is 7. The third kappa shape index (κ3) is 2.68. The summed E-state index contributed by atoms with van der Waals surface area (Å²) >= 11 is 6.41. The van der Waals surface area contributed by atoms with Crippen LogP contribution in [-0.4, -0.2) is 71.5 Å². The molecule has 1 saturated heterocycles. The Hall–Kier alpha value is -3.07. The Morgan fingerprint density at radius 3 is 2.55 bits per heavy atom. The highest BCUT2D eigenvalue weighted by Crippen LogP contribution is 2.41. The summed E-state index contributed by atoms with van der Waals surface area (Å²) in [4.78, 5) is 48.3. The zero-order chi connectivity index (χ0) is 21.0. The van der Waals surface area contributed by atoms with Crippen molar-refractivity contribution in [3.63, 3.8) is 0 Å². The summed E-state index contributed by atoms with van der Waals surface area (Å²) in [6.45, 7) is 3.36. The van der Waals surface area contributed by atoms with Crippen molar-refractivity contribution in [2.75, 3.05) is 25.6 Å². The second kappa shape index (κ2) is 6.77. The van der Waals surface area contributed by atoms with Gasteiger partial charge >= 0.3 is 12.0 Å². The summed E-state index contributed by atoms with van der Waals surface area (Å²) in [5, 5.41) is 0.544. The SMILES string of the molecule is COC(=O)CN1C(=O)C2C(N=C3N(c4ccccc4Cl)C(C)=C(C)N32)N(C)C1=O. The molecule has 0 saturated carbocycles. The van der Waals surface area contributed by atoms with Gasteiger partial charge in [-0.15, -0.1) is 0 Å². The summed E-state index contributed by atoms with van der Waals surface area (Å²) in [5.41, 5.74) is 2.44. The number of benzene rings is 1. The largest absolute Gasteiger partial charge is 0.468 e. The fraction of sp³-hybridized carbons (Fsp3) is 0.368. The number of methoxy groups -OCH3 is 1. The van der Waals surface area contributed by atoms with Crippen molar-refractivity contribution in [1.82, 2.24) is 14.7 Å². The number of urea groups is 1. The summed E-state index contributed by atoms with van der Waals surface area (Å²) < 4.78 is 4.63. The van der Waals surface area contributed by atoms with Crippen molar-refractivity contribution in [3.05, 3.63) is 40.7 Å². The number of para-hydroxylation sites is 1. The number of aliphatic imine (C=N–C) groups is 1. The van der Waals surface area contributed by atoms with Gasteiger partial charge in [-0.05, 0) is 26.0 Å². The van der Waals surface area contributed by atoms with E-state index in [1.165, 1.54) is 12.0 Å². The van der Waals surface area contributed by atoms with Crippen molar-refractivity contribution in [2.45, 2.75) is 26.1 Å². The van der Waals surface area contributed by atoms with Crippen LogP contribution in [0.25, 0.3) is 0 Å². The number of esters is 1. The first-order valence-corrected chi connectivity index (χ1v) is 9.40. The molecule has 1 fully saturated rings. The number of halogens is 1. The van der Waals surface area contributed by atoms with Crippen LogP contribution in [0.15, 0.2) is 40.7 Å². The van der Waals surface area contributed by atoms with E-state index in [9.17, 15) is 14.4 Å². The van der Waals surface area contributed by atoms with E-state index in [4.69, 9.17) is 16.6 Å². The van der Waals surface area contributed by atoms with Gasteiger partial charge in [0, 0.05) is 18.4 Å². The number of anilines is 1. The number of hydrogen-bond donors (Lipinski definition) is 0. The van der Waals surface area contributed by atoms with E-state index >= 15 is 0 Å². The molecule has 3 aliphatic heterocycles. The molecule has 152 valence electrons. The van der Waals surface area contributed by atoms with Crippen LogP contribution >= 0.6 is 11.6 Å². The Morgan fingerprint density at radius 2 is 1.90 bits per heavy atom. The third-order valence-electron chi connectivity index (χ3n) is 5.50. The molecule has 0 bridgehead atoms. The van der Waals surface area contributed by atoms with Gasteiger partial charge in [-0.25, -0.2) is 9.79 Å². The number of imide groups is 1. The lowest BCUT2D eigenvalue weighted by atomic mass is 10.1. The van der Waals surface area contributed by atoms with Crippen molar-refractivity contribution in [2.24, 2.45) is 4.99 Å². The minimum Gasteiger partial charge on any atom is -0.468 e. The Kier molecular flexibility index (Phi) is 4.49. The lowest BCUT2D eigenvalue weighted by Gasteiger charge is -2.40. The van der Waals surface area contributed by atoms with Gasteiger partial charge in [-0.2, -0.15) is 0 Å². The molecule has 1 aromatic carbocycles. The van der Waals surface area contributed by atoms with Crippen LogP contribution < -0.4 is 4.90 Å². The van der Waals surface area contributed by atoms with Crippen LogP contribution in [0.3, 0.4) is 0 Å². The van der Waals surface area contributed by atoms with Gasteiger partial charge in [0.25, 0.3) is 5.91 Å². The molecule has 0 aromatic heterocycles. The molecule has 10 heteroatoms. The van der Waals surface area contributed by atoms with Gasteiger partial charge in [-0.1, -0.05) is 23.7 Å². The molecule has 0 spiro atoms. The van der Waals surface area contributed by atoms with Crippen molar-refractivity contribution >= 4 is 41.2 Å².